The normalized spacial score (nSPS) is 21.3. The Balaban J connectivity index is 1.47. The molecule has 0 radical (unpaired) electrons. The molecule has 2 heterocycles. The number of amides is 1. The Bertz CT molecular complexity index is 832. The van der Waals surface area contributed by atoms with Crippen LogP contribution >= 0.6 is 11.6 Å². The number of halogens is 1. The Morgan fingerprint density at radius 1 is 1.17 bits per heavy atom. The second kappa shape index (κ2) is 9.20. The van der Waals surface area contributed by atoms with E-state index < -0.39 is 10.0 Å². The molecule has 1 atom stereocenters. The molecule has 0 spiro atoms. The minimum Gasteiger partial charge on any atom is -0.506 e. The molecule has 2 fully saturated rings. The van der Waals surface area contributed by atoms with Gasteiger partial charge in [-0.1, -0.05) is 24.6 Å². The van der Waals surface area contributed by atoms with E-state index in [-0.39, 0.29) is 17.6 Å². The van der Waals surface area contributed by atoms with E-state index >= 15 is 0 Å². The van der Waals surface area contributed by atoms with Crippen LogP contribution in [0.3, 0.4) is 0 Å². The molecule has 2 aliphatic rings. The van der Waals surface area contributed by atoms with Gasteiger partial charge in [0.15, 0.2) is 0 Å². The fraction of sp³-hybridized carbons (Fsp3) is 0.650. The van der Waals surface area contributed by atoms with Crippen molar-refractivity contribution in [2.75, 3.05) is 45.5 Å². The minimum atomic E-state index is -3.10. The maximum atomic E-state index is 12.8. The van der Waals surface area contributed by atoms with Gasteiger partial charge >= 0.3 is 0 Å². The van der Waals surface area contributed by atoms with Crippen LogP contribution in [0.4, 0.5) is 0 Å². The molecule has 0 bridgehead atoms. The Labute approximate surface area is 178 Å². The maximum absolute atomic E-state index is 12.8. The zero-order valence-corrected chi connectivity index (χ0v) is 18.6. The lowest BCUT2D eigenvalue weighted by Gasteiger charge is -2.42. The summed E-state index contributed by atoms with van der Waals surface area (Å²) in [5, 5.41) is 9.84. The maximum Gasteiger partial charge on any atom is 0.225 e. The monoisotopic (exact) mass is 443 g/mol. The van der Waals surface area contributed by atoms with Gasteiger partial charge < -0.3 is 10.0 Å². The van der Waals surface area contributed by atoms with Gasteiger partial charge in [0.2, 0.25) is 15.9 Å². The van der Waals surface area contributed by atoms with E-state index in [0.717, 1.165) is 31.5 Å². The zero-order valence-electron chi connectivity index (χ0n) is 17.1. The molecular weight excluding hydrogens is 414 g/mol. The van der Waals surface area contributed by atoms with Gasteiger partial charge in [-0.25, -0.2) is 12.7 Å². The van der Waals surface area contributed by atoms with Crippen molar-refractivity contribution in [1.82, 2.24) is 14.1 Å². The van der Waals surface area contributed by atoms with Crippen LogP contribution in [0.2, 0.25) is 5.02 Å². The number of aromatic hydroxyl groups is 1. The van der Waals surface area contributed by atoms with Crippen LogP contribution in [0, 0.1) is 5.92 Å². The van der Waals surface area contributed by atoms with Crippen molar-refractivity contribution < 1.29 is 18.3 Å². The first-order valence-electron chi connectivity index (χ1n) is 10.1. The van der Waals surface area contributed by atoms with Gasteiger partial charge in [0.1, 0.15) is 5.75 Å². The lowest BCUT2D eigenvalue weighted by molar-refractivity contribution is -0.137. The summed E-state index contributed by atoms with van der Waals surface area (Å²) in [5.74, 6) is 0.0359. The molecule has 7 nitrogen and oxygen atoms in total. The van der Waals surface area contributed by atoms with E-state index in [1.165, 1.54) is 6.26 Å². The molecule has 0 saturated carbocycles. The summed E-state index contributed by atoms with van der Waals surface area (Å²) < 4.78 is 24.9. The van der Waals surface area contributed by atoms with Gasteiger partial charge in [0.05, 0.1) is 11.3 Å². The van der Waals surface area contributed by atoms with Crippen LogP contribution in [0.5, 0.6) is 5.75 Å². The molecule has 1 amide bonds. The fourth-order valence-electron chi connectivity index (χ4n) is 4.28. The summed E-state index contributed by atoms with van der Waals surface area (Å²) >= 11 is 5.96. The standard InChI is InChI=1S/C20H30ClN3O4S/c1-15(13-16-3-4-19(25)18(21)14-16)20(26)23-11-9-22(10-12-23)17-5-7-24(8-6-17)29(2,27)28/h3-4,14-15,17,25H,5-13H2,1-2H3/t15-/m1/s1. The molecule has 162 valence electrons. The van der Waals surface area contributed by atoms with Crippen LogP contribution in [-0.4, -0.2) is 85.1 Å². The lowest BCUT2D eigenvalue weighted by atomic mass is 9.99. The third kappa shape index (κ3) is 5.63. The summed E-state index contributed by atoms with van der Waals surface area (Å²) in [6.45, 7) is 6.14. The summed E-state index contributed by atoms with van der Waals surface area (Å²) in [7, 11) is -3.10. The number of piperidine rings is 1. The Morgan fingerprint density at radius 2 is 1.79 bits per heavy atom. The van der Waals surface area contributed by atoms with Crippen molar-refractivity contribution in [3.8, 4) is 5.75 Å². The highest BCUT2D eigenvalue weighted by Crippen LogP contribution is 2.25. The van der Waals surface area contributed by atoms with E-state index in [1.807, 2.05) is 11.8 Å². The molecule has 0 aromatic heterocycles. The number of phenols is 1. The summed E-state index contributed by atoms with van der Waals surface area (Å²) in [4.78, 5) is 17.2. The van der Waals surface area contributed by atoms with Gasteiger partial charge in [0.25, 0.3) is 0 Å². The Hall–Kier alpha value is -1.35. The number of hydrogen-bond donors (Lipinski definition) is 1. The predicted octanol–water partition coefficient (Wildman–Crippen LogP) is 1.79. The lowest BCUT2D eigenvalue weighted by Crippen LogP contribution is -2.55. The first-order chi connectivity index (χ1) is 13.6. The SMILES string of the molecule is C[C@H](Cc1ccc(O)c(Cl)c1)C(=O)N1CCN(C2CCN(S(C)(=O)=O)CC2)CC1. The summed E-state index contributed by atoms with van der Waals surface area (Å²) in [6.07, 6.45) is 3.55. The van der Waals surface area contributed by atoms with E-state index in [4.69, 9.17) is 11.6 Å². The van der Waals surface area contributed by atoms with Crippen LogP contribution in [0.1, 0.15) is 25.3 Å². The molecule has 0 unspecified atom stereocenters. The largest absolute Gasteiger partial charge is 0.506 e. The molecule has 1 aromatic rings. The van der Waals surface area contributed by atoms with E-state index in [1.54, 1.807) is 22.5 Å². The zero-order chi connectivity index (χ0) is 21.2. The average molecular weight is 444 g/mol. The highest BCUT2D eigenvalue weighted by molar-refractivity contribution is 7.88. The van der Waals surface area contributed by atoms with Crippen molar-refractivity contribution in [1.29, 1.82) is 0 Å². The topological polar surface area (TPSA) is 81.2 Å². The third-order valence-electron chi connectivity index (χ3n) is 6.01. The number of piperazine rings is 1. The molecule has 1 N–H and O–H groups in total. The first-order valence-corrected chi connectivity index (χ1v) is 12.3. The summed E-state index contributed by atoms with van der Waals surface area (Å²) in [5.41, 5.74) is 0.935. The molecule has 1 aromatic carbocycles. The molecule has 2 aliphatic heterocycles. The van der Waals surface area contributed by atoms with Gasteiger partial charge in [-0.3, -0.25) is 9.69 Å². The minimum absolute atomic E-state index is 0.0490. The van der Waals surface area contributed by atoms with Crippen LogP contribution in [-0.2, 0) is 21.2 Å². The van der Waals surface area contributed by atoms with Crippen LogP contribution in [0.25, 0.3) is 0 Å². The third-order valence-corrected chi connectivity index (χ3v) is 7.62. The predicted molar refractivity (Wildman–Crippen MR) is 114 cm³/mol. The van der Waals surface area contributed by atoms with Crippen molar-refractivity contribution in [3.63, 3.8) is 0 Å². The molecule has 9 heteroatoms. The number of hydrogen-bond acceptors (Lipinski definition) is 5. The number of nitrogens with zero attached hydrogens (tertiary/aromatic N) is 3. The number of carbonyl (C=O) groups is 1. The first kappa shape index (κ1) is 22.3. The van der Waals surface area contributed by atoms with E-state index in [9.17, 15) is 18.3 Å². The highest BCUT2D eigenvalue weighted by atomic mass is 35.5. The van der Waals surface area contributed by atoms with Crippen molar-refractivity contribution in [3.05, 3.63) is 28.8 Å². The quantitative estimate of drug-likeness (QED) is 0.750. The van der Waals surface area contributed by atoms with Gasteiger partial charge in [-0.2, -0.15) is 0 Å². The average Bonchev–Trinajstić information content (AvgIpc) is 2.70. The second-order valence-corrected chi connectivity index (χ2v) is 10.5. The van der Waals surface area contributed by atoms with Gasteiger partial charge in [-0.15, -0.1) is 0 Å². The number of rotatable bonds is 5. The molecule has 2 saturated heterocycles. The fourth-order valence-corrected chi connectivity index (χ4v) is 5.35. The molecule has 29 heavy (non-hydrogen) atoms. The number of sulfonamides is 1. The van der Waals surface area contributed by atoms with Gasteiger partial charge in [-0.05, 0) is 37.0 Å². The Morgan fingerprint density at radius 3 is 2.34 bits per heavy atom. The molecule has 3 rings (SSSR count). The smallest absolute Gasteiger partial charge is 0.225 e. The number of phenolic OH excluding ortho intramolecular Hbond substituents is 1. The Kier molecular flexibility index (Phi) is 7.09. The van der Waals surface area contributed by atoms with E-state index in [0.29, 0.717) is 43.7 Å². The van der Waals surface area contributed by atoms with Crippen LogP contribution in [0.15, 0.2) is 18.2 Å². The second-order valence-electron chi connectivity index (χ2n) is 8.15. The van der Waals surface area contributed by atoms with Crippen LogP contribution < -0.4 is 0 Å². The van der Waals surface area contributed by atoms with Crippen molar-refractivity contribution in [2.24, 2.45) is 5.92 Å². The molecule has 0 aliphatic carbocycles. The highest BCUT2D eigenvalue weighted by Gasteiger charge is 2.32. The number of carbonyl (C=O) groups excluding carboxylic acids is 1. The molecular formula is C20H30ClN3O4S. The van der Waals surface area contributed by atoms with Crippen molar-refractivity contribution >= 4 is 27.5 Å². The van der Waals surface area contributed by atoms with E-state index in [2.05, 4.69) is 4.90 Å². The summed E-state index contributed by atoms with van der Waals surface area (Å²) in [6, 6.07) is 5.46. The number of benzene rings is 1. The van der Waals surface area contributed by atoms with Crippen molar-refractivity contribution in [2.45, 2.75) is 32.2 Å². The van der Waals surface area contributed by atoms with Gasteiger partial charge in [0, 0.05) is 51.2 Å².